The maximum atomic E-state index is 2.33. The Labute approximate surface area is 111 Å². The molecule has 0 atom stereocenters. The molecule has 0 radical (unpaired) electrons. The summed E-state index contributed by atoms with van der Waals surface area (Å²) in [6.07, 6.45) is 5.79. The Hall–Kier alpha value is 1.06. The number of hydrogen-bond donors (Lipinski definition) is 0. The minimum Gasteiger partial charge on any atom is -0.147 e. The van der Waals surface area contributed by atoms with Crippen molar-refractivity contribution in [2.45, 2.75) is 27.2 Å². The summed E-state index contributed by atoms with van der Waals surface area (Å²) in [5.41, 5.74) is 1.84. The van der Waals surface area contributed by atoms with Gasteiger partial charge in [-0.05, 0) is 0 Å². The van der Waals surface area contributed by atoms with Gasteiger partial charge in [-0.2, -0.15) is 0 Å². The first-order valence-corrected chi connectivity index (χ1v) is 4.41. The molecular formula is C9H16Cl3Ti. The molecule has 0 fully saturated rings. The van der Waals surface area contributed by atoms with Crippen LogP contribution in [0.2, 0.25) is 0 Å². The molecule has 0 spiro atoms. The Morgan fingerprint density at radius 3 is 1.77 bits per heavy atom. The van der Waals surface area contributed by atoms with Crippen LogP contribution in [-0.2, 0) is 20.4 Å². The van der Waals surface area contributed by atoms with Crippen molar-refractivity contribution in [3.63, 3.8) is 0 Å². The van der Waals surface area contributed by atoms with Crippen LogP contribution in [0.3, 0.4) is 0 Å². The predicted octanol–water partition coefficient (Wildman–Crippen LogP) is 4.06. The molecule has 77 valence electrons. The first-order chi connectivity index (χ1) is 4.50. The molecule has 0 aromatic carbocycles. The van der Waals surface area contributed by atoms with Crippen molar-refractivity contribution < 1.29 is 20.4 Å². The Bertz CT molecular complexity index is 201. The molecule has 1 aliphatic rings. The Morgan fingerprint density at radius 1 is 1.15 bits per heavy atom. The van der Waals surface area contributed by atoms with Gasteiger partial charge in [0.15, 0.2) is 0 Å². The van der Waals surface area contributed by atoms with Crippen LogP contribution in [0.25, 0.3) is 0 Å². The van der Waals surface area contributed by atoms with E-state index >= 15 is 0 Å². The zero-order valence-electron chi connectivity index (χ0n) is 8.09. The van der Waals surface area contributed by atoms with E-state index in [0.717, 1.165) is 6.42 Å². The molecule has 0 heterocycles. The quantitative estimate of drug-likeness (QED) is 0.586. The summed E-state index contributed by atoms with van der Waals surface area (Å²) >= 11 is 2.19. The van der Waals surface area contributed by atoms with Crippen molar-refractivity contribution in [3.05, 3.63) is 21.6 Å². The fraction of sp³-hybridized carbons (Fsp3) is 0.556. The van der Waals surface area contributed by atoms with E-state index in [2.05, 4.69) is 53.4 Å². The maximum absolute atomic E-state index is 2.33. The van der Waals surface area contributed by atoms with Crippen LogP contribution in [0.4, 0.5) is 0 Å². The van der Waals surface area contributed by atoms with E-state index < -0.39 is 0 Å². The maximum Gasteiger partial charge on any atom is -0.147 e. The van der Waals surface area contributed by atoms with E-state index in [1.807, 2.05) is 0 Å². The third-order valence-electron chi connectivity index (χ3n) is 1.74. The molecule has 0 aromatic rings. The topological polar surface area (TPSA) is 0 Å². The largest absolute Gasteiger partial charge is 0.147 e. The summed E-state index contributed by atoms with van der Waals surface area (Å²) in [7, 11) is 0. The third kappa shape index (κ3) is 6.20. The second kappa shape index (κ2) is 7.37. The molecule has 1 rings (SSSR count). The van der Waals surface area contributed by atoms with Gasteiger partial charge in [-0.25, -0.2) is 0 Å². The van der Waals surface area contributed by atoms with Gasteiger partial charge in [0.2, 0.25) is 0 Å². The fourth-order valence-electron chi connectivity index (χ4n) is 1.05. The summed E-state index contributed by atoms with van der Waals surface area (Å²) in [4.78, 5) is 0. The van der Waals surface area contributed by atoms with Crippen molar-refractivity contribution in [1.82, 2.24) is 0 Å². The predicted molar refractivity (Wildman–Crippen MR) is 62.0 cm³/mol. The first kappa shape index (κ1) is 19.6. The standard InChI is InChI=1S/C9H13.3ClH.Ti/c1-9(2,3)8-6-4-5-7-8;;;;/h6-7H,4H2,1-3H3;3*1H;. The van der Waals surface area contributed by atoms with Gasteiger partial charge >= 0.3 is 74.6 Å². The minimum atomic E-state index is 0. The van der Waals surface area contributed by atoms with Gasteiger partial charge in [0.25, 0.3) is 0 Å². The molecule has 1 aliphatic carbocycles. The van der Waals surface area contributed by atoms with E-state index in [9.17, 15) is 0 Å². The molecule has 0 nitrogen and oxygen atoms in total. The van der Waals surface area contributed by atoms with Crippen molar-refractivity contribution in [3.8, 4) is 0 Å². The van der Waals surface area contributed by atoms with Crippen LogP contribution in [0.1, 0.15) is 27.2 Å². The van der Waals surface area contributed by atoms with Crippen LogP contribution >= 0.6 is 37.2 Å². The van der Waals surface area contributed by atoms with Crippen molar-refractivity contribution in [2.24, 2.45) is 5.41 Å². The molecule has 13 heavy (non-hydrogen) atoms. The number of hydrogen-bond acceptors (Lipinski definition) is 0. The number of rotatable bonds is 0. The van der Waals surface area contributed by atoms with Crippen molar-refractivity contribution in [1.29, 1.82) is 0 Å². The smallest absolute Gasteiger partial charge is 0.147 e. The molecule has 0 bridgehead atoms. The van der Waals surface area contributed by atoms with Gasteiger partial charge in [0.05, 0.1) is 0 Å². The van der Waals surface area contributed by atoms with Crippen LogP contribution in [-0.4, -0.2) is 0 Å². The molecule has 0 unspecified atom stereocenters. The monoisotopic (exact) mass is 277 g/mol. The second-order valence-electron chi connectivity index (χ2n) is 3.78. The average Bonchev–Trinajstić information content (AvgIpc) is 2.11. The zero-order chi connectivity index (χ0) is 7.78. The molecular weight excluding hydrogens is 262 g/mol. The van der Waals surface area contributed by atoms with Gasteiger partial charge in [-0.1, -0.05) is 0 Å². The average molecular weight is 278 g/mol. The Kier molecular flexibility index (Phi) is 11.1. The molecule has 0 saturated carbocycles. The third-order valence-corrected chi connectivity index (χ3v) is 2.28. The van der Waals surface area contributed by atoms with Crippen molar-refractivity contribution in [2.75, 3.05) is 0 Å². The summed E-state index contributed by atoms with van der Waals surface area (Å²) in [6.45, 7) is 6.77. The molecule has 0 saturated heterocycles. The van der Waals surface area contributed by atoms with Gasteiger partial charge in [-0.15, -0.1) is 37.2 Å². The van der Waals surface area contributed by atoms with E-state index in [1.54, 1.807) is 0 Å². The molecule has 0 amide bonds. The number of allylic oxidation sites excluding steroid dienone is 4. The van der Waals surface area contributed by atoms with E-state index in [-0.39, 0.29) is 37.2 Å². The normalized spacial score (nSPS) is 14.3. The van der Waals surface area contributed by atoms with E-state index in [0.29, 0.717) is 5.41 Å². The summed E-state index contributed by atoms with van der Waals surface area (Å²) < 4.78 is 1.49. The SMILES string of the molecule is CC(C)(C)C1=CC[C]([Ti])=C1.Cl.Cl.Cl. The van der Waals surface area contributed by atoms with Crippen molar-refractivity contribution >= 4 is 37.2 Å². The minimum absolute atomic E-state index is 0. The Balaban J connectivity index is -0.000000333. The molecule has 0 N–H and O–H groups in total. The second-order valence-corrected chi connectivity index (χ2v) is 4.79. The van der Waals surface area contributed by atoms with Gasteiger partial charge in [0.1, 0.15) is 0 Å². The molecule has 4 heteroatoms. The van der Waals surface area contributed by atoms with Crippen LogP contribution in [0.5, 0.6) is 0 Å². The van der Waals surface area contributed by atoms with Crippen LogP contribution in [0.15, 0.2) is 21.6 Å². The summed E-state index contributed by atoms with van der Waals surface area (Å²) in [5, 5.41) is 0. The van der Waals surface area contributed by atoms with Gasteiger partial charge in [0, 0.05) is 0 Å². The van der Waals surface area contributed by atoms with E-state index in [4.69, 9.17) is 0 Å². The molecule has 0 aliphatic heterocycles. The van der Waals surface area contributed by atoms with Crippen LogP contribution < -0.4 is 0 Å². The van der Waals surface area contributed by atoms with Gasteiger partial charge < -0.3 is 0 Å². The summed E-state index contributed by atoms with van der Waals surface area (Å²) in [6, 6.07) is 0. The number of halogens is 3. The summed E-state index contributed by atoms with van der Waals surface area (Å²) in [5.74, 6) is 0. The zero-order valence-corrected chi connectivity index (χ0v) is 12.1. The Morgan fingerprint density at radius 2 is 1.62 bits per heavy atom. The van der Waals surface area contributed by atoms with E-state index in [1.165, 1.54) is 9.45 Å². The van der Waals surface area contributed by atoms with Crippen LogP contribution in [0, 0.1) is 5.41 Å². The first-order valence-electron chi connectivity index (χ1n) is 3.63. The molecule has 0 aromatic heterocycles. The van der Waals surface area contributed by atoms with Gasteiger partial charge in [-0.3, -0.25) is 0 Å². The fourth-order valence-corrected chi connectivity index (χ4v) is 1.45.